The Hall–Kier alpha value is -2.09. The third-order valence-electron chi connectivity index (χ3n) is 3.51. The van der Waals surface area contributed by atoms with Crippen molar-refractivity contribution in [2.24, 2.45) is 0 Å². The summed E-state index contributed by atoms with van der Waals surface area (Å²) in [6.45, 7) is 3.71. The third-order valence-corrected chi connectivity index (χ3v) is 3.51. The van der Waals surface area contributed by atoms with Gasteiger partial charge in [-0.25, -0.2) is 0 Å². The van der Waals surface area contributed by atoms with Gasteiger partial charge in [0.15, 0.2) is 11.9 Å². The Morgan fingerprint density at radius 2 is 1.62 bits per heavy atom. The molecule has 2 nitrogen and oxygen atoms in total. The number of ketones is 1. The van der Waals surface area contributed by atoms with E-state index in [4.69, 9.17) is 4.74 Å². The lowest BCUT2D eigenvalue weighted by Crippen LogP contribution is -2.24. The molecule has 0 aliphatic heterocycles. The Labute approximate surface area is 126 Å². The molecule has 0 amide bonds. The molecule has 2 aromatic rings. The average Bonchev–Trinajstić information content (AvgIpc) is 2.52. The predicted molar refractivity (Wildman–Crippen MR) is 86.5 cm³/mol. The number of hydrogen-bond acceptors (Lipinski definition) is 2. The molecule has 0 saturated heterocycles. The van der Waals surface area contributed by atoms with Crippen molar-refractivity contribution in [2.75, 3.05) is 0 Å². The summed E-state index contributed by atoms with van der Waals surface area (Å²) in [6.07, 6.45) is 2.53. The monoisotopic (exact) mass is 282 g/mol. The lowest BCUT2D eigenvalue weighted by atomic mass is 10.1. The standard InChI is InChI=1S/C19H22O2/c1-3-4-10-19(15(2)20)21-18-13-11-17(12-14-18)16-8-6-5-7-9-16/h5-9,11-14,19H,3-4,10H2,1-2H3. The molecule has 0 heterocycles. The number of benzene rings is 2. The van der Waals surface area contributed by atoms with Crippen molar-refractivity contribution >= 4 is 5.78 Å². The smallest absolute Gasteiger partial charge is 0.170 e. The Balaban J connectivity index is 2.06. The molecule has 0 bridgehead atoms. The minimum atomic E-state index is -0.326. The van der Waals surface area contributed by atoms with Gasteiger partial charge in [0.05, 0.1) is 0 Å². The van der Waals surface area contributed by atoms with Crippen LogP contribution in [0, 0.1) is 0 Å². The maximum atomic E-state index is 11.6. The maximum Gasteiger partial charge on any atom is 0.170 e. The van der Waals surface area contributed by atoms with Crippen LogP contribution in [-0.2, 0) is 4.79 Å². The van der Waals surface area contributed by atoms with Crippen molar-refractivity contribution in [2.45, 2.75) is 39.2 Å². The van der Waals surface area contributed by atoms with Crippen molar-refractivity contribution in [3.05, 3.63) is 54.6 Å². The van der Waals surface area contributed by atoms with Crippen LogP contribution in [0.2, 0.25) is 0 Å². The lowest BCUT2D eigenvalue weighted by Gasteiger charge is -2.16. The van der Waals surface area contributed by atoms with Crippen LogP contribution in [0.25, 0.3) is 11.1 Å². The first-order valence-electron chi connectivity index (χ1n) is 7.53. The molecule has 0 spiro atoms. The zero-order valence-electron chi connectivity index (χ0n) is 12.7. The van der Waals surface area contributed by atoms with Crippen LogP contribution in [0.4, 0.5) is 0 Å². The Morgan fingerprint density at radius 1 is 1.00 bits per heavy atom. The molecule has 0 radical (unpaired) electrons. The summed E-state index contributed by atoms with van der Waals surface area (Å²) in [6, 6.07) is 18.1. The Kier molecular flexibility index (Phi) is 5.56. The summed E-state index contributed by atoms with van der Waals surface area (Å²) in [5.41, 5.74) is 2.33. The van der Waals surface area contributed by atoms with E-state index in [1.54, 1.807) is 6.92 Å². The van der Waals surface area contributed by atoms with Crippen molar-refractivity contribution in [3.8, 4) is 16.9 Å². The first-order valence-corrected chi connectivity index (χ1v) is 7.53. The van der Waals surface area contributed by atoms with E-state index in [2.05, 4.69) is 19.1 Å². The van der Waals surface area contributed by atoms with E-state index in [9.17, 15) is 4.79 Å². The fourth-order valence-corrected chi connectivity index (χ4v) is 2.26. The van der Waals surface area contributed by atoms with Gasteiger partial charge in [0.2, 0.25) is 0 Å². The van der Waals surface area contributed by atoms with E-state index in [1.165, 1.54) is 5.56 Å². The minimum Gasteiger partial charge on any atom is -0.483 e. The quantitative estimate of drug-likeness (QED) is 0.723. The summed E-state index contributed by atoms with van der Waals surface area (Å²) < 4.78 is 5.82. The topological polar surface area (TPSA) is 26.3 Å². The highest BCUT2D eigenvalue weighted by atomic mass is 16.5. The van der Waals surface area contributed by atoms with Gasteiger partial charge in [-0.15, -0.1) is 0 Å². The van der Waals surface area contributed by atoms with Crippen LogP contribution >= 0.6 is 0 Å². The molecular weight excluding hydrogens is 260 g/mol. The van der Waals surface area contributed by atoms with E-state index in [0.717, 1.165) is 30.6 Å². The molecule has 0 N–H and O–H groups in total. The third kappa shape index (κ3) is 4.45. The van der Waals surface area contributed by atoms with Gasteiger partial charge in [-0.1, -0.05) is 55.8 Å². The Morgan fingerprint density at radius 3 is 2.19 bits per heavy atom. The SMILES string of the molecule is CCCCC(Oc1ccc(-c2ccccc2)cc1)C(C)=O. The average molecular weight is 282 g/mol. The fraction of sp³-hybridized carbons (Fsp3) is 0.316. The number of Topliss-reactive ketones (excluding diaryl/α,β-unsaturated/α-hetero) is 1. The van der Waals surface area contributed by atoms with Crippen LogP contribution in [0.3, 0.4) is 0 Å². The minimum absolute atomic E-state index is 0.0931. The van der Waals surface area contributed by atoms with Gasteiger partial charge >= 0.3 is 0 Å². The van der Waals surface area contributed by atoms with Gasteiger partial charge in [0.1, 0.15) is 5.75 Å². The second-order valence-electron chi connectivity index (χ2n) is 5.25. The Bertz CT molecular complexity index is 558. The molecule has 0 aliphatic rings. The van der Waals surface area contributed by atoms with E-state index >= 15 is 0 Å². The highest BCUT2D eigenvalue weighted by molar-refractivity contribution is 5.80. The van der Waals surface area contributed by atoms with Gasteiger partial charge in [0, 0.05) is 0 Å². The van der Waals surface area contributed by atoms with Crippen molar-refractivity contribution in [1.82, 2.24) is 0 Å². The van der Waals surface area contributed by atoms with E-state index in [-0.39, 0.29) is 11.9 Å². The molecular formula is C19H22O2. The molecule has 1 atom stereocenters. The summed E-state index contributed by atoms with van der Waals surface area (Å²) in [5.74, 6) is 0.849. The largest absolute Gasteiger partial charge is 0.483 e. The molecule has 2 heteroatoms. The van der Waals surface area contributed by atoms with Gasteiger partial charge in [-0.3, -0.25) is 4.79 Å². The summed E-state index contributed by atoms with van der Waals surface area (Å²) in [5, 5.41) is 0. The highest BCUT2D eigenvalue weighted by Crippen LogP contribution is 2.23. The van der Waals surface area contributed by atoms with Crippen LogP contribution < -0.4 is 4.74 Å². The first kappa shape index (κ1) is 15.3. The zero-order chi connectivity index (χ0) is 15.1. The lowest BCUT2D eigenvalue weighted by molar-refractivity contribution is -0.123. The number of rotatable bonds is 7. The number of carbonyl (C=O) groups excluding carboxylic acids is 1. The first-order chi connectivity index (χ1) is 10.2. The van der Waals surface area contributed by atoms with Crippen molar-refractivity contribution in [3.63, 3.8) is 0 Å². The van der Waals surface area contributed by atoms with Crippen LogP contribution in [-0.4, -0.2) is 11.9 Å². The molecule has 0 fully saturated rings. The molecule has 110 valence electrons. The van der Waals surface area contributed by atoms with Gasteiger partial charge in [-0.2, -0.15) is 0 Å². The number of unbranched alkanes of at least 4 members (excludes halogenated alkanes) is 1. The van der Waals surface area contributed by atoms with E-state index < -0.39 is 0 Å². The molecule has 0 aliphatic carbocycles. The second-order valence-corrected chi connectivity index (χ2v) is 5.25. The molecule has 21 heavy (non-hydrogen) atoms. The molecule has 0 saturated carbocycles. The maximum absolute atomic E-state index is 11.6. The molecule has 2 rings (SSSR count). The van der Waals surface area contributed by atoms with Gasteiger partial charge in [0.25, 0.3) is 0 Å². The number of hydrogen-bond donors (Lipinski definition) is 0. The van der Waals surface area contributed by atoms with Crippen molar-refractivity contribution < 1.29 is 9.53 Å². The van der Waals surface area contributed by atoms with Crippen molar-refractivity contribution in [1.29, 1.82) is 0 Å². The predicted octanol–water partition coefficient (Wildman–Crippen LogP) is 4.88. The zero-order valence-corrected chi connectivity index (χ0v) is 12.7. The summed E-state index contributed by atoms with van der Waals surface area (Å²) in [4.78, 5) is 11.6. The normalized spacial score (nSPS) is 11.9. The van der Waals surface area contributed by atoms with Crippen LogP contribution in [0.1, 0.15) is 33.1 Å². The van der Waals surface area contributed by atoms with E-state index in [0.29, 0.717) is 0 Å². The molecule has 2 aromatic carbocycles. The number of carbonyl (C=O) groups is 1. The van der Waals surface area contributed by atoms with Crippen LogP contribution in [0.5, 0.6) is 5.75 Å². The summed E-state index contributed by atoms with van der Waals surface area (Å²) >= 11 is 0. The highest BCUT2D eigenvalue weighted by Gasteiger charge is 2.15. The van der Waals surface area contributed by atoms with Gasteiger partial charge in [-0.05, 0) is 43.0 Å². The van der Waals surface area contributed by atoms with E-state index in [1.807, 2.05) is 42.5 Å². The van der Waals surface area contributed by atoms with Crippen LogP contribution in [0.15, 0.2) is 54.6 Å². The van der Waals surface area contributed by atoms with Gasteiger partial charge < -0.3 is 4.74 Å². The molecule has 1 unspecified atom stereocenters. The fourth-order valence-electron chi connectivity index (χ4n) is 2.26. The summed E-state index contributed by atoms with van der Waals surface area (Å²) in [7, 11) is 0. The second kappa shape index (κ2) is 7.63. The molecule has 0 aromatic heterocycles. The number of ether oxygens (including phenoxy) is 1.